The van der Waals surface area contributed by atoms with Gasteiger partial charge in [0.2, 0.25) is 0 Å². The van der Waals surface area contributed by atoms with Crippen LogP contribution in [0.2, 0.25) is 0 Å². The van der Waals surface area contributed by atoms with Crippen molar-refractivity contribution in [1.29, 1.82) is 0 Å². The molecule has 1 aliphatic carbocycles. The van der Waals surface area contributed by atoms with Crippen LogP contribution in [0, 0.1) is 5.92 Å². The summed E-state index contributed by atoms with van der Waals surface area (Å²) < 4.78 is 0. The van der Waals surface area contributed by atoms with Gasteiger partial charge in [0.15, 0.2) is 0 Å². The smallest absolute Gasteiger partial charge is 0.315 e. The van der Waals surface area contributed by atoms with Crippen molar-refractivity contribution in [2.75, 3.05) is 19.6 Å². The van der Waals surface area contributed by atoms with Crippen molar-refractivity contribution in [3.05, 3.63) is 0 Å². The molecule has 1 unspecified atom stereocenters. The minimum atomic E-state index is -0.257. The highest BCUT2D eigenvalue weighted by molar-refractivity contribution is 5.72. The van der Waals surface area contributed by atoms with E-state index < -0.39 is 0 Å². The zero-order valence-electron chi connectivity index (χ0n) is 7.83. The van der Waals surface area contributed by atoms with E-state index in [0.29, 0.717) is 6.04 Å². The average molecular weight is 183 g/mol. The van der Waals surface area contributed by atoms with Crippen molar-refractivity contribution in [1.82, 2.24) is 10.2 Å². The van der Waals surface area contributed by atoms with Crippen LogP contribution in [0.25, 0.3) is 0 Å². The van der Waals surface area contributed by atoms with Crippen molar-refractivity contribution >= 4 is 6.03 Å². The lowest BCUT2D eigenvalue weighted by Gasteiger charge is -2.35. The zero-order chi connectivity index (χ0) is 9.26. The zero-order valence-corrected chi connectivity index (χ0v) is 7.83. The van der Waals surface area contributed by atoms with E-state index in [1.165, 1.54) is 12.8 Å². The third kappa shape index (κ3) is 2.12. The summed E-state index contributed by atoms with van der Waals surface area (Å²) in [5.41, 5.74) is 5.31. The van der Waals surface area contributed by atoms with Crippen LogP contribution in [0.5, 0.6) is 0 Å². The molecule has 0 spiro atoms. The molecule has 4 nitrogen and oxygen atoms in total. The van der Waals surface area contributed by atoms with E-state index >= 15 is 0 Å². The summed E-state index contributed by atoms with van der Waals surface area (Å²) in [6, 6.07) is 0.0888. The molecule has 2 fully saturated rings. The maximum absolute atomic E-state index is 11.1. The standard InChI is InChI=1S/C9H17N3O/c10-9(13)12-4-3-11-6-8(12)5-7-1-2-7/h7-8,11H,1-6H2,(H2,10,13). The molecule has 4 heteroatoms. The Hall–Kier alpha value is -0.770. The molecule has 0 bridgehead atoms. The Bertz CT molecular complexity index is 203. The first-order valence-electron chi connectivity index (χ1n) is 5.04. The second-order valence-electron chi connectivity index (χ2n) is 4.07. The molecule has 0 aromatic heterocycles. The van der Waals surface area contributed by atoms with Crippen LogP contribution >= 0.6 is 0 Å². The fraction of sp³-hybridized carbons (Fsp3) is 0.889. The Morgan fingerprint density at radius 3 is 2.92 bits per heavy atom. The fourth-order valence-electron chi connectivity index (χ4n) is 2.00. The minimum absolute atomic E-state index is 0.257. The van der Waals surface area contributed by atoms with Gasteiger partial charge in [0.1, 0.15) is 0 Å². The van der Waals surface area contributed by atoms with E-state index in [1.54, 1.807) is 0 Å². The van der Waals surface area contributed by atoms with Gasteiger partial charge in [-0.3, -0.25) is 0 Å². The topological polar surface area (TPSA) is 58.4 Å². The van der Waals surface area contributed by atoms with Gasteiger partial charge >= 0.3 is 6.03 Å². The van der Waals surface area contributed by atoms with Gasteiger partial charge in [-0.15, -0.1) is 0 Å². The Morgan fingerprint density at radius 2 is 2.31 bits per heavy atom. The third-order valence-corrected chi connectivity index (χ3v) is 2.94. The summed E-state index contributed by atoms with van der Waals surface area (Å²) in [5.74, 6) is 0.853. The molecule has 0 radical (unpaired) electrons. The fourth-order valence-corrected chi connectivity index (χ4v) is 2.00. The molecule has 2 amide bonds. The van der Waals surface area contributed by atoms with Crippen LogP contribution in [0.1, 0.15) is 19.3 Å². The van der Waals surface area contributed by atoms with Gasteiger partial charge in [-0.25, -0.2) is 4.79 Å². The molecule has 1 saturated carbocycles. The predicted octanol–water partition coefficient (Wildman–Crippen LogP) is 0.139. The van der Waals surface area contributed by atoms with Crippen LogP contribution in [-0.4, -0.2) is 36.6 Å². The van der Waals surface area contributed by atoms with E-state index in [1.807, 2.05) is 4.90 Å². The van der Waals surface area contributed by atoms with Gasteiger partial charge in [-0.05, 0) is 12.3 Å². The average Bonchev–Trinajstić information content (AvgIpc) is 2.89. The Labute approximate surface area is 78.5 Å². The molecule has 3 N–H and O–H groups in total. The number of amides is 2. The summed E-state index contributed by atoms with van der Waals surface area (Å²) in [5, 5.41) is 3.30. The first-order chi connectivity index (χ1) is 6.27. The highest BCUT2D eigenvalue weighted by Gasteiger charge is 2.31. The molecule has 0 aromatic rings. The van der Waals surface area contributed by atoms with Gasteiger partial charge in [0, 0.05) is 25.7 Å². The summed E-state index contributed by atoms with van der Waals surface area (Å²) >= 11 is 0. The van der Waals surface area contributed by atoms with E-state index in [4.69, 9.17) is 5.73 Å². The van der Waals surface area contributed by atoms with E-state index in [2.05, 4.69) is 5.32 Å². The second-order valence-corrected chi connectivity index (χ2v) is 4.07. The number of nitrogens with two attached hydrogens (primary N) is 1. The normalized spacial score (nSPS) is 28.9. The van der Waals surface area contributed by atoms with Crippen LogP contribution in [0.15, 0.2) is 0 Å². The van der Waals surface area contributed by atoms with Gasteiger partial charge < -0.3 is 16.0 Å². The molecule has 1 heterocycles. The van der Waals surface area contributed by atoms with E-state index in [0.717, 1.165) is 32.0 Å². The van der Waals surface area contributed by atoms with E-state index in [9.17, 15) is 4.79 Å². The number of primary amides is 1. The quantitative estimate of drug-likeness (QED) is 0.639. The number of hydrogen-bond donors (Lipinski definition) is 2. The highest BCUT2D eigenvalue weighted by atomic mass is 16.2. The molecule has 1 aliphatic heterocycles. The molecule has 1 atom stereocenters. The number of urea groups is 1. The first-order valence-corrected chi connectivity index (χ1v) is 5.04. The second kappa shape index (κ2) is 3.54. The van der Waals surface area contributed by atoms with Gasteiger partial charge in [-0.1, -0.05) is 12.8 Å². The summed E-state index contributed by atoms with van der Waals surface area (Å²) in [6.07, 6.45) is 3.81. The monoisotopic (exact) mass is 183 g/mol. The summed E-state index contributed by atoms with van der Waals surface area (Å²) in [7, 11) is 0. The lowest BCUT2D eigenvalue weighted by Crippen LogP contribution is -2.55. The van der Waals surface area contributed by atoms with Gasteiger partial charge in [0.05, 0.1) is 0 Å². The van der Waals surface area contributed by atoms with Crippen molar-refractivity contribution in [3.63, 3.8) is 0 Å². The molecule has 1 saturated heterocycles. The van der Waals surface area contributed by atoms with Gasteiger partial charge in [0.25, 0.3) is 0 Å². The molecule has 0 aromatic carbocycles. The number of carbonyl (C=O) groups excluding carboxylic acids is 1. The molecular formula is C9H17N3O. The molecule has 2 aliphatic rings. The van der Waals surface area contributed by atoms with Crippen molar-refractivity contribution in [2.45, 2.75) is 25.3 Å². The van der Waals surface area contributed by atoms with Crippen LogP contribution < -0.4 is 11.1 Å². The minimum Gasteiger partial charge on any atom is -0.351 e. The Morgan fingerprint density at radius 1 is 1.54 bits per heavy atom. The maximum atomic E-state index is 11.1. The molecule has 13 heavy (non-hydrogen) atoms. The van der Waals surface area contributed by atoms with Crippen molar-refractivity contribution < 1.29 is 4.79 Å². The Kier molecular flexibility index (Phi) is 2.40. The SMILES string of the molecule is NC(=O)N1CCNCC1CC1CC1. The largest absolute Gasteiger partial charge is 0.351 e. The lowest BCUT2D eigenvalue weighted by molar-refractivity contribution is 0.159. The number of hydrogen-bond acceptors (Lipinski definition) is 2. The lowest BCUT2D eigenvalue weighted by atomic mass is 10.1. The van der Waals surface area contributed by atoms with E-state index in [-0.39, 0.29) is 6.03 Å². The molecule has 74 valence electrons. The first kappa shape index (κ1) is 8.81. The Balaban J connectivity index is 1.90. The predicted molar refractivity (Wildman–Crippen MR) is 50.3 cm³/mol. The number of carbonyl (C=O) groups is 1. The highest BCUT2D eigenvalue weighted by Crippen LogP contribution is 2.34. The summed E-state index contributed by atoms with van der Waals surface area (Å²) in [6.45, 7) is 2.57. The molecule has 2 rings (SSSR count). The molecular weight excluding hydrogens is 166 g/mol. The van der Waals surface area contributed by atoms with Gasteiger partial charge in [-0.2, -0.15) is 0 Å². The van der Waals surface area contributed by atoms with Crippen LogP contribution in [-0.2, 0) is 0 Å². The van der Waals surface area contributed by atoms with Crippen molar-refractivity contribution in [3.8, 4) is 0 Å². The number of nitrogens with one attached hydrogen (secondary N) is 1. The summed E-state index contributed by atoms with van der Waals surface area (Å²) in [4.78, 5) is 12.9. The van der Waals surface area contributed by atoms with Crippen molar-refractivity contribution in [2.24, 2.45) is 11.7 Å². The third-order valence-electron chi connectivity index (χ3n) is 2.94. The number of rotatable bonds is 2. The number of nitrogens with zero attached hydrogens (tertiary/aromatic N) is 1. The maximum Gasteiger partial charge on any atom is 0.315 e. The van der Waals surface area contributed by atoms with Crippen LogP contribution in [0.3, 0.4) is 0 Å². The number of piperazine rings is 1. The van der Waals surface area contributed by atoms with Crippen LogP contribution in [0.4, 0.5) is 4.79 Å².